The highest BCUT2D eigenvalue weighted by Crippen LogP contribution is 2.34. The highest BCUT2D eigenvalue weighted by Gasteiger charge is 2.22. The van der Waals surface area contributed by atoms with Crippen molar-refractivity contribution in [3.8, 4) is 5.75 Å². The van der Waals surface area contributed by atoms with Gasteiger partial charge in [-0.2, -0.15) is 0 Å². The van der Waals surface area contributed by atoms with Crippen LogP contribution in [0.3, 0.4) is 0 Å². The summed E-state index contributed by atoms with van der Waals surface area (Å²) in [6.07, 6.45) is 5.79. The van der Waals surface area contributed by atoms with Gasteiger partial charge in [0.25, 0.3) is 0 Å². The minimum atomic E-state index is -0.396. The van der Waals surface area contributed by atoms with Crippen LogP contribution in [0.4, 0.5) is 0 Å². The van der Waals surface area contributed by atoms with E-state index < -0.39 is 5.97 Å². The Morgan fingerprint density at radius 3 is 2.45 bits per heavy atom. The zero-order chi connectivity index (χ0) is 15.8. The predicted octanol–water partition coefficient (Wildman–Crippen LogP) is 3.47. The van der Waals surface area contributed by atoms with Crippen molar-refractivity contribution in [3.63, 3.8) is 0 Å². The van der Waals surface area contributed by atoms with Gasteiger partial charge in [-0.25, -0.2) is 4.79 Å². The smallest absolute Gasteiger partial charge is 0.330 e. The van der Waals surface area contributed by atoms with E-state index in [1.165, 1.54) is 11.6 Å². The monoisotopic (exact) mass is 304 g/mol. The van der Waals surface area contributed by atoms with E-state index in [4.69, 9.17) is 14.2 Å². The van der Waals surface area contributed by atoms with Crippen molar-refractivity contribution in [1.29, 1.82) is 0 Å². The first-order chi connectivity index (χ1) is 10.7. The summed E-state index contributed by atoms with van der Waals surface area (Å²) in [5, 5.41) is 0. The summed E-state index contributed by atoms with van der Waals surface area (Å²) in [5.74, 6) is 1.10. The van der Waals surface area contributed by atoms with Gasteiger partial charge in [0.05, 0.1) is 19.8 Å². The van der Waals surface area contributed by atoms with Crippen molar-refractivity contribution in [2.24, 2.45) is 0 Å². The number of benzene rings is 1. The molecule has 1 aliphatic rings. The number of esters is 1. The number of carbonyl (C=O) groups is 1. The Hall–Kier alpha value is -1.81. The number of carbonyl (C=O) groups excluding carboxylic acids is 1. The quantitative estimate of drug-likeness (QED) is 0.439. The molecule has 1 aliphatic carbocycles. The van der Waals surface area contributed by atoms with Gasteiger partial charge in [-0.15, -0.1) is 0 Å². The highest BCUT2D eigenvalue weighted by atomic mass is 16.6. The number of hydrogen-bond acceptors (Lipinski definition) is 4. The van der Waals surface area contributed by atoms with Gasteiger partial charge in [0.2, 0.25) is 0 Å². The second-order valence-corrected chi connectivity index (χ2v) is 5.49. The van der Waals surface area contributed by atoms with E-state index in [9.17, 15) is 4.79 Å². The molecule has 0 spiro atoms. The molecule has 0 unspecified atom stereocenters. The van der Waals surface area contributed by atoms with Gasteiger partial charge in [0, 0.05) is 6.08 Å². The summed E-state index contributed by atoms with van der Waals surface area (Å²) < 4.78 is 15.9. The standard InChI is InChI=1S/C18H24O4/c1-3-18(19)22-13-12-21-17-10-6-15(7-11-17)14-4-8-16(20-2)9-5-14/h3-5,8-9,15,17H,1,6-7,10-13H2,2H3. The molecule has 0 aromatic heterocycles. The summed E-state index contributed by atoms with van der Waals surface area (Å²) in [6, 6.07) is 8.34. The second-order valence-electron chi connectivity index (χ2n) is 5.49. The summed E-state index contributed by atoms with van der Waals surface area (Å²) in [7, 11) is 1.68. The first-order valence-corrected chi connectivity index (χ1v) is 7.77. The van der Waals surface area contributed by atoms with Crippen LogP contribution < -0.4 is 4.74 Å². The molecule has 1 fully saturated rings. The van der Waals surface area contributed by atoms with Gasteiger partial charge in [-0.3, -0.25) is 0 Å². The van der Waals surface area contributed by atoms with Crippen LogP contribution in [0.15, 0.2) is 36.9 Å². The molecule has 22 heavy (non-hydrogen) atoms. The van der Waals surface area contributed by atoms with E-state index in [-0.39, 0.29) is 6.10 Å². The van der Waals surface area contributed by atoms with E-state index in [2.05, 4.69) is 18.7 Å². The van der Waals surface area contributed by atoms with E-state index >= 15 is 0 Å². The zero-order valence-electron chi connectivity index (χ0n) is 13.1. The van der Waals surface area contributed by atoms with Crippen molar-refractivity contribution in [3.05, 3.63) is 42.5 Å². The van der Waals surface area contributed by atoms with Gasteiger partial charge >= 0.3 is 5.97 Å². The normalized spacial score (nSPS) is 21.1. The lowest BCUT2D eigenvalue weighted by molar-refractivity contribution is -0.140. The Morgan fingerprint density at radius 2 is 1.86 bits per heavy atom. The lowest BCUT2D eigenvalue weighted by atomic mass is 9.83. The van der Waals surface area contributed by atoms with Crippen molar-refractivity contribution < 1.29 is 19.0 Å². The number of methoxy groups -OCH3 is 1. The molecule has 120 valence electrons. The molecular formula is C18H24O4. The predicted molar refractivity (Wildman–Crippen MR) is 85.1 cm³/mol. The second kappa shape index (κ2) is 8.59. The Morgan fingerprint density at radius 1 is 1.18 bits per heavy atom. The fourth-order valence-electron chi connectivity index (χ4n) is 2.85. The first kappa shape index (κ1) is 16.6. The molecular weight excluding hydrogens is 280 g/mol. The average Bonchev–Trinajstić information content (AvgIpc) is 2.59. The van der Waals surface area contributed by atoms with Gasteiger partial charge < -0.3 is 14.2 Å². The molecule has 0 radical (unpaired) electrons. The maximum Gasteiger partial charge on any atom is 0.330 e. The molecule has 0 N–H and O–H groups in total. The van der Waals surface area contributed by atoms with E-state index in [1.807, 2.05) is 12.1 Å². The molecule has 0 heterocycles. The third-order valence-corrected chi connectivity index (χ3v) is 4.11. The maximum absolute atomic E-state index is 10.9. The van der Waals surface area contributed by atoms with Crippen molar-refractivity contribution in [1.82, 2.24) is 0 Å². The van der Waals surface area contributed by atoms with E-state index in [0.717, 1.165) is 31.4 Å². The maximum atomic E-state index is 10.9. The molecule has 4 nitrogen and oxygen atoms in total. The minimum absolute atomic E-state index is 0.275. The highest BCUT2D eigenvalue weighted by molar-refractivity contribution is 5.81. The number of hydrogen-bond donors (Lipinski definition) is 0. The van der Waals surface area contributed by atoms with Crippen molar-refractivity contribution >= 4 is 5.97 Å². The lowest BCUT2D eigenvalue weighted by Gasteiger charge is -2.28. The number of rotatable bonds is 7. The lowest BCUT2D eigenvalue weighted by Crippen LogP contribution is -2.23. The molecule has 2 rings (SSSR count). The van der Waals surface area contributed by atoms with Crippen LogP contribution in [0.2, 0.25) is 0 Å². The summed E-state index contributed by atoms with van der Waals surface area (Å²) in [5.41, 5.74) is 1.37. The van der Waals surface area contributed by atoms with Gasteiger partial charge in [0.15, 0.2) is 0 Å². The van der Waals surface area contributed by atoms with Crippen LogP contribution in [0, 0.1) is 0 Å². The van der Waals surface area contributed by atoms with Crippen LogP contribution in [0.1, 0.15) is 37.2 Å². The molecule has 1 aromatic rings. The van der Waals surface area contributed by atoms with Crippen LogP contribution in [-0.4, -0.2) is 32.4 Å². The van der Waals surface area contributed by atoms with Gasteiger partial charge in [-0.1, -0.05) is 18.7 Å². The zero-order valence-corrected chi connectivity index (χ0v) is 13.1. The van der Waals surface area contributed by atoms with Crippen LogP contribution in [0.25, 0.3) is 0 Å². The Labute approximate surface area is 132 Å². The molecule has 1 saturated carbocycles. The molecule has 0 saturated heterocycles. The molecule has 0 atom stereocenters. The molecule has 0 bridgehead atoms. The first-order valence-electron chi connectivity index (χ1n) is 7.77. The van der Waals surface area contributed by atoms with Crippen LogP contribution in [0.5, 0.6) is 5.75 Å². The fraction of sp³-hybridized carbons (Fsp3) is 0.500. The van der Waals surface area contributed by atoms with E-state index in [1.54, 1.807) is 7.11 Å². The summed E-state index contributed by atoms with van der Waals surface area (Å²) in [6.45, 7) is 4.10. The van der Waals surface area contributed by atoms with Crippen molar-refractivity contribution in [2.45, 2.75) is 37.7 Å². The molecule has 4 heteroatoms. The summed E-state index contributed by atoms with van der Waals surface area (Å²) >= 11 is 0. The Balaban J connectivity index is 1.68. The average molecular weight is 304 g/mol. The summed E-state index contributed by atoms with van der Waals surface area (Å²) in [4.78, 5) is 10.9. The Bertz CT molecular complexity index is 472. The van der Waals surface area contributed by atoms with E-state index in [0.29, 0.717) is 19.1 Å². The molecule has 0 aliphatic heterocycles. The van der Waals surface area contributed by atoms with Crippen LogP contribution >= 0.6 is 0 Å². The SMILES string of the molecule is C=CC(=O)OCCOC1CCC(c2ccc(OC)cc2)CC1. The number of ether oxygens (including phenoxy) is 3. The topological polar surface area (TPSA) is 44.8 Å². The molecule has 0 amide bonds. The van der Waals surface area contributed by atoms with Crippen LogP contribution in [-0.2, 0) is 14.3 Å². The van der Waals surface area contributed by atoms with Crippen molar-refractivity contribution in [2.75, 3.05) is 20.3 Å². The minimum Gasteiger partial charge on any atom is -0.497 e. The molecule has 1 aromatic carbocycles. The van der Waals surface area contributed by atoms with Gasteiger partial charge in [0.1, 0.15) is 12.4 Å². The van der Waals surface area contributed by atoms with Gasteiger partial charge in [-0.05, 0) is 49.3 Å². The third kappa shape index (κ3) is 4.88. The third-order valence-electron chi connectivity index (χ3n) is 4.11. The largest absolute Gasteiger partial charge is 0.497 e. The Kier molecular flexibility index (Phi) is 6.46. The fourth-order valence-corrected chi connectivity index (χ4v) is 2.85.